The van der Waals surface area contributed by atoms with Gasteiger partial charge in [0.05, 0.1) is 33.0 Å². The first kappa shape index (κ1) is 43.7. The summed E-state index contributed by atoms with van der Waals surface area (Å²) in [7, 11) is 0. The Morgan fingerprint density at radius 3 is 1.68 bits per heavy atom. The predicted molar refractivity (Wildman–Crippen MR) is 170 cm³/mol. The van der Waals surface area contributed by atoms with Gasteiger partial charge in [0.1, 0.15) is 19.3 Å². The maximum atomic E-state index is 12.2. The van der Waals surface area contributed by atoms with Crippen LogP contribution >= 0.6 is 0 Å². The van der Waals surface area contributed by atoms with Gasteiger partial charge in [-0.1, -0.05) is 51.4 Å². The maximum absolute atomic E-state index is 12.2. The van der Waals surface area contributed by atoms with Crippen LogP contribution in [0.25, 0.3) is 0 Å². The van der Waals surface area contributed by atoms with Gasteiger partial charge in [0.15, 0.2) is 0 Å². The van der Waals surface area contributed by atoms with Crippen LogP contribution in [-0.2, 0) is 47.8 Å². The Hall–Kier alpha value is -3.34. The van der Waals surface area contributed by atoms with E-state index in [1.165, 1.54) is 0 Å². The Kier molecular flexibility index (Phi) is 29.0. The molecular weight excluding hydrogens is 620 g/mol. The lowest BCUT2D eigenvalue weighted by Gasteiger charge is -2.14. The van der Waals surface area contributed by atoms with Crippen LogP contribution in [0.3, 0.4) is 0 Å². The molecule has 0 aromatic carbocycles. The van der Waals surface area contributed by atoms with Crippen LogP contribution in [0.5, 0.6) is 0 Å². The monoisotopic (exact) mass is 676 g/mol. The highest BCUT2D eigenvalue weighted by atomic mass is 16.7. The Morgan fingerprint density at radius 2 is 1.11 bits per heavy atom. The number of ether oxygens (including phenoxy) is 3. The maximum Gasteiger partial charge on any atom is 0.326 e. The number of likely N-dealkylation sites (N-methyl/N-ethyl adjacent to an activating group) is 1. The zero-order valence-corrected chi connectivity index (χ0v) is 27.8. The topological polar surface area (TPSA) is 228 Å². The molecule has 0 radical (unpaired) electrons. The molecule has 0 fully saturated rings. The van der Waals surface area contributed by atoms with E-state index in [0.29, 0.717) is 13.0 Å². The van der Waals surface area contributed by atoms with Gasteiger partial charge in [-0.3, -0.25) is 28.8 Å². The summed E-state index contributed by atoms with van der Waals surface area (Å²) in [5.74, 6) is -3.46. The molecule has 1 unspecified atom stereocenters. The van der Waals surface area contributed by atoms with Crippen LogP contribution in [-0.4, -0.2) is 111 Å². The summed E-state index contributed by atoms with van der Waals surface area (Å²) in [5, 5.41) is 25.7. The third kappa shape index (κ3) is 31.0. The predicted octanol–water partition coefficient (Wildman–Crippen LogP) is 1.45. The average molecular weight is 677 g/mol. The second-order valence-corrected chi connectivity index (χ2v) is 10.8. The molecule has 6 N–H and O–H groups in total. The quantitative estimate of drug-likeness (QED) is 0.0429. The fourth-order valence-electron chi connectivity index (χ4n) is 4.17. The highest BCUT2D eigenvalue weighted by molar-refractivity contribution is 5.84. The molecule has 0 saturated carbocycles. The van der Waals surface area contributed by atoms with Crippen molar-refractivity contribution in [2.75, 3.05) is 59.3 Å². The van der Waals surface area contributed by atoms with Crippen molar-refractivity contribution in [1.82, 2.24) is 21.4 Å². The fourth-order valence-corrected chi connectivity index (χ4v) is 4.17. The standard InChI is InChI=1S/C31H56N4O12/c1-2-32-28(38)23-45-20-19-44-18-17-33-29(39)24-46-21-22-47-35-27(37)16-15-25(31(42)43)34-26(36)13-11-9-7-5-3-4-6-8-10-12-14-30(40)41/h25H,2-24H2,1H3,(H,32,38)(H,33,39)(H,34,36)(H,35,37)(H,40,41)(H,42,43). The zero-order valence-electron chi connectivity index (χ0n) is 27.8. The third-order valence-corrected chi connectivity index (χ3v) is 6.63. The molecule has 1 atom stereocenters. The summed E-state index contributed by atoms with van der Waals surface area (Å²) in [4.78, 5) is 74.1. The summed E-state index contributed by atoms with van der Waals surface area (Å²) in [6.07, 6.45) is 9.75. The normalized spacial score (nSPS) is 11.4. The SMILES string of the molecule is CCNC(=O)COCCOCCNC(=O)COCCONC(=O)CCC(NC(=O)CCCCCCCCCCCCC(=O)O)C(=O)O. The van der Waals surface area contributed by atoms with Crippen molar-refractivity contribution in [2.45, 2.75) is 103 Å². The Morgan fingerprint density at radius 1 is 0.574 bits per heavy atom. The number of rotatable bonds is 33. The molecule has 0 aromatic rings. The molecule has 16 heteroatoms. The van der Waals surface area contributed by atoms with Crippen LogP contribution in [0.15, 0.2) is 0 Å². The van der Waals surface area contributed by atoms with Gasteiger partial charge in [-0.15, -0.1) is 0 Å². The molecule has 0 aromatic heterocycles. The van der Waals surface area contributed by atoms with Gasteiger partial charge in [-0.2, -0.15) is 0 Å². The van der Waals surface area contributed by atoms with Gasteiger partial charge < -0.3 is 40.4 Å². The number of carbonyl (C=O) groups excluding carboxylic acids is 4. The minimum Gasteiger partial charge on any atom is -0.481 e. The Bertz CT molecular complexity index is 891. The molecule has 272 valence electrons. The summed E-state index contributed by atoms with van der Waals surface area (Å²) in [5.41, 5.74) is 2.18. The van der Waals surface area contributed by atoms with E-state index in [1.54, 1.807) is 0 Å². The van der Waals surface area contributed by atoms with Crippen LogP contribution < -0.4 is 21.4 Å². The van der Waals surface area contributed by atoms with Gasteiger partial charge in [-0.25, -0.2) is 10.3 Å². The van der Waals surface area contributed by atoms with Gasteiger partial charge >= 0.3 is 11.9 Å². The van der Waals surface area contributed by atoms with Crippen LogP contribution in [0.4, 0.5) is 0 Å². The Balaban J connectivity index is 3.73. The lowest BCUT2D eigenvalue weighted by atomic mass is 10.0. The summed E-state index contributed by atoms with van der Waals surface area (Å²) >= 11 is 0. The smallest absolute Gasteiger partial charge is 0.326 e. The molecule has 0 saturated heterocycles. The molecule has 0 aliphatic rings. The van der Waals surface area contributed by atoms with E-state index < -0.39 is 23.9 Å². The van der Waals surface area contributed by atoms with E-state index in [9.17, 15) is 33.9 Å². The van der Waals surface area contributed by atoms with Crippen molar-refractivity contribution in [3.8, 4) is 0 Å². The number of hydrogen-bond acceptors (Lipinski definition) is 10. The molecule has 0 rings (SSSR count). The van der Waals surface area contributed by atoms with Gasteiger partial charge in [0.25, 0.3) is 0 Å². The summed E-state index contributed by atoms with van der Waals surface area (Å²) in [6, 6.07) is -1.19. The first-order valence-corrected chi connectivity index (χ1v) is 16.6. The molecule has 47 heavy (non-hydrogen) atoms. The van der Waals surface area contributed by atoms with Crippen LogP contribution in [0, 0.1) is 0 Å². The third-order valence-electron chi connectivity index (χ3n) is 6.63. The summed E-state index contributed by atoms with van der Waals surface area (Å²) in [6.45, 7) is 3.17. The number of carboxylic acids is 2. The highest BCUT2D eigenvalue weighted by Crippen LogP contribution is 2.12. The van der Waals surface area contributed by atoms with E-state index in [2.05, 4.69) is 21.4 Å². The number of carboxylic acid groups (broad SMARTS) is 2. The number of aliphatic carboxylic acids is 2. The van der Waals surface area contributed by atoms with E-state index in [1.807, 2.05) is 6.92 Å². The molecule has 0 heterocycles. The van der Waals surface area contributed by atoms with E-state index in [4.69, 9.17) is 24.2 Å². The zero-order chi connectivity index (χ0) is 35.0. The molecular formula is C31H56N4O12. The number of carbonyl (C=O) groups is 6. The van der Waals surface area contributed by atoms with Gasteiger partial charge in [-0.05, 0) is 26.2 Å². The molecule has 0 aliphatic heterocycles. The van der Waals surface area contributed by atoms with E-state index >= 15 is 0 Å². The molecule has 0 spiro atoms. The molecule has 0 aliphatic carbocycles. The first-order chi connectivity index (χ1) is 22.6. The average Bonchev–Trinajstić information content (AvgIpc) is 3.02. The molecule has 0 bridgehead atoms. The minimum atomic E-state index is -1.23. The number of unbranched alkanes of at least 4 members (excludes halogenated alkanes) is 9. The van der Waals surface area contributed by atoms with Crippen molar-refractivity contribution < 1.29 is 58.0 Å². The van der Waals surface area contributed by atoms with E-state index in [0.717, 1.165) is 57.8 Å². The van der Waals surface area contributed by atoms with Crippen molar-refractivity contribution >= 4 is 35.6 Å². The van der Waals surface area contributed by atoms with Crippen molar-refractivity contribution in [1.29, 1.82) is 0 Å². The largest absolute Gasteiger partial charge is 0.481 e. The first-order valence-electron chi connectivity index (χ1n) is 16.6. The fraction of sp³-hybridized carbons (Fsp3) is 0.806. The minimum absolute atomic E-state index is 0.0249. The second kappa shape index (κ2) is 31.3. The number of nitrogens with one attached hydrogen (secondary N) is 4. The lowest BCUT2D eigenvalue weighted by Crippen LogP contribution is -2.41. The van der Waals surface area contributed by atoms with Crippen molar-refractivity contribution in [3.05, 3.63) is 0 Å². The second-order valence-electron chi connectivity index (χ2n) is 10.8. The van der Waals surface area contributed by atoms with Crippen molar-refractivity contribution in [3.63, 3.8) is 0 Å². The molecule has 4 amide bonds. The van der Waals surface area contributed by atoms with Gasteiger partial charge in [0, 0.05) is 32.4 Å². The Labute approximate surface area is 277 Å². The number of amides is 4. The number of hydroxylamine groups is 1. The van der Waals surface area contributed by atoms with Crippen LogP contribution in [0.1, 0.15) is 96.8 Å². The highest BCUT2D eigenvalue weighted by Gasteiger charge is 2.21. The van der Waals surface area contributed by atoms with Gasteiger partial charge in [0.2, 0.25) is 23.6 Å². The van der Waals surface area contributed by atoms with E-state index in [-0.39, 0.29) is 96.2 Å². The number of hydrogen-bond donors (Lipinski definition) is 6. The lowest BCUT2D eigenvalue weighted by molar-refractivity contribution is -0.143. The van der Waals surface area contributed by atoms with Crippen molar-refractivity contribution in [2.24, 2.45) is 0 Å². The summed E-state index contributed by atoms with van der Waals surface area (Å²) < 4.78 is 15.6. The molecule has 16 nitrogen and oxygen atoms in total. The van der Waals surface area contributed by atoms with Crippen LogP contribution in [0.2, 0.25) is 0 Å².